The molecular formula is C18H18N2O2S2. The fraction of sp³-hybridized carbons (Fsp3) is 0.222. The van der Waals surface area contributed by atoms with Crippen LogP contribution in [0.4, 0.5) is 5.69 Å². The molecule has 0 bridgehead atoms. The number of nitrogens with zero attached hydrogens (tertiary/aromatic N) is 2. The molecule has 1 fully saturated rings. The van der Waals surface area contributed by atoms with Crippen molar-refractivity contribution in [2.45, 2.75) is 13.8 Å². The first-order chi connectivity index (χ1) is 11.5. The second-order valence-corrected chi connectivity index (χ2v) is 7.15. The van der Waals surface area contributed by atoms with Crippen molar-refractivity contribution in [1.29, 1.82) is 0 Å². The minimum absolute atomic E-state index is 0.0508. The van der Waals surface area contributed by atoms with Crippen LogP contribution in [0.1, 0.15) is 13.8 Å². The lowest BCUT2D eigenvalue weighted by atomic mass is 10.2. The molecule has 0 atom stereocenters. The molecule has 4 nitrogen and oxygen atoms in total. The lowest BCUT2D eigenvalue weighted by molar-refractivity contribution is -0.121. The van der Waals surface area contributed by atoms with Crippen LogP contribution in [0.15, 0.2) is 58.9 Å². The van der Waals surface area contributed by atoms with Crippen LogP contribution in [0.5, 0.6) is 5.75 Å². The van der Waals surface area contributed by atoms with Crippen LogP contribution >= 0.6 is 24.0 Å². The van der Waals surface area contributed by atoms with E-state index in [9.17, 15) is 4.79 Å². The van der Waals surface area contributed by atoms with E-state index in [-0.39, 0.29) is 5.91 Å². The summed E-state index contributed by atoms with van der Waals surface area (Å²) >= 11 is 6.47. The molecule has 0 spiro atoms. The normalized spacial score (nSPS) is 21.0. The molecule has 124 valence electrons. The molecule has 0 unspecified atom stereocenters. The number of likely N-dealkylation sites (N-methyl/N-ethyl adjacent to an activating group) is 1. The third-order valence-electron chi connectivity index (χ3n) is 3.79. The Bertz CT molecular complexity index is 796. The molecule has 1 saturated heterocycles. The first-order valence-corrected chi connectivity index (χ1v) is 8.88. The van der Waals surface area contributed by atoms with Gasteiger partial charge in [-0.05, 0) is 43.7 Å². The number of thioether (sulfide) groups is 1. The molecule has 2 heterocycles. The fourth-order valence-corrected chi connectivity index (χ4v) is 3.74. The monoisotopic (exact) mass is 358 g/mol. The van der Waals surface area contributed by atoms with Crippen LogP contribution in [0.25, 0.3) is 0 Å². The minimum atomic E-state index is -0.0508. The van der Waals surface area contributed by atoms with Crippen LogP contribution in [-0.2, 0) is 4.79 Å². The Balaban J connectivity index is 1.81. The van der Waals surface area contributed by atoms with E-state index in [1.165, 1.54) is 16.7 Å². The van der Waals surface area contributed by atoms with Crippen molar-refractivity contribution in [2.24, 2.45) is 0 Å². The zero-order valence-corrected chi connectivity index (χ0v) is 15.4. The molecule has 2 aliphatic heterocycles. The maximum Gasteiger partial charge on any atom is 0.265 e. The predicted octanol–water partition coefficient (Wildman–Crippen LogP) is 4.07. The smallest absolute Gasteiger partial charge is 0.265 e. The van der Waals surface area contributed by atoms with Crippen LogP contribution in [-0.4, -0.2) is 28.7 Å². The summed E-state index contributed by atoms with van der Waals surface area (Å²) in [5, 5.41) is 0. The quantitative estimate of drug-likeness (QED) is 0.601. The summed E-state index contributed by atoms with van der Waals surface area (Å²) in [4.78, 5) is 16.3. The number of fused-ring (bicyclic) bond motifs is 1. The van der Waals surface area contributed by atoms with Gasteiger partial charge in [0.25, 0.3) is 5.91 Å². The van der Waals surface area contributed by atoms with Crippen molar-refractivity contribution in [3.63, 3.8) is 0 Å². The third-order valence-corrected chi connectivity index (χ3v) is 5.27. The molecule has 0 saturated carbocycles. The summed E-state index contributed by atoms with van der Waals surface area (Å²) in [6.45, 7) is 4.87. The van der Waals surface area contributed by atoms with E-state index in [0.717, 1.165) is 29.4 Å². The highest BCUT2D eigenvalue weighted by Gasteiger charge is 2.28. The molecule has 3 rings (SSSR count). The van der Waals surface area contributed by atoms with Crippen LogP contribution in [0, 0.1) is 0 Å². The van der Waals surface area contributed by atoms with Gasteiger partial charge >= 0.3 is 0 Å². The Morgan fingerprint density at radius 2 is 2.12 bits per heavy atom. The van der Waals surface area contributed by atoms with Gasteiger partial charge in [-0.3, -0.25) is 9.69 Å². The number of anilines is 1. The predicted molar refractivity (Wildman–Crippen MR) is 103 cm³/mol. The van der Waals surface area contributed by atoms with Crippen LogP contribution in [0.2, 0.25) is 0 Å². The van der Waals surface area contributed by atoms with E-state index in [1.807, 2.05) is 49.4 Å². The lowest BCUT2D eigenvalue weighted by Crippen LogP contribution is -2.22. The van der Waals surface area contributed by atoms with Crippen LogP contribution in [0.3, 0.4) is 0 Å². The van der Waals surface area contributed by atoms with Crippen molar-refractivity contribution in [2.75, 3.05) is 18.5 Å². The van der Waals surface area contributed by atoms with E-state index >= 15 is 0 Å². The Kier molecular flexibility index (Phi) is 4.78. The second-order valence-electron chi connectivity index (χ2n) is 5.47. The van der Waals surface area contributed by atoms with Gasteiger partial charge < -0.3 is 9.64 Å². The van der Waals surface area contributed by atoms with Gasteiger partial charge in [-0.1, -0.05) is 42.2 Å². The number of hydrogen-bond acceptors (Lipinski definition) is 5. The maximum atomic E-state index is 12.0. The maximum absolute atomic E-state index is 12.0. The number of hydrogen-bond donors (Lipinski definition) is 0. The van der Waals surface area contributed by atoms with E-state index in [2.05, 4.69) is 11.8 Å². The number of para-hydroxylation sites is 2. The summed E-state index contributed by atoms with van der Waals surface area (Å²) in [7, 11) is 1.70. The van der Waals surface area contributed by atoms with Gasteiger partial charge in [0, 0.05) is 13.6 Å². The first kappa shape index (κ1) is 16.8. The van der Waals surface area contributed by atoms with Gasteiger partial charge in [-0.2, -0.15) is 0 Å². The zero-order chi connectivity index (χ0) is 17.3. The molecule has 0 N–H and O–H groups in total. The molecular weight excluding hydrogens is 340 g/mol. The number of ether oxygens (including phenoxy) is 1. The topological polar surface area (TPSA) is 32.8 Å². The van der Waals surface area contributed by atoms with Crippen LogP contribution < -0.4 is 9.64 Å². The second kappa shape index (κ2) is 6.83. The highest BCUT2D eigenvalue weighted by Crippen LogP contribution is 2.38. The highest BCUT2D eigenvalue weighted by molar-refractivity contribution is 8.26. The van der Waals surface area contributed by atoms with E-state index in [0.29, 0.717) is 9.23 Å². The minimum Gasteiger partial charge on any atom is -0.439 e. The number of benzene rings is 1. The molecule has 2 aliphatic rings. The average Bonchev–Trinajstić information content (AvgIpc) is 3.05. The van der Waals surface area contributed by atoms with E-state index in [1.54, 1.807) is 7.05 Å². The lowest BCUT2D eigenvalue weighted by Gasteiger charge is -2.14. The Labute approximate surface area is 151 Å². The summed E-state index contributed by atoms with van der Waals surface area (Å²) in [5.41, 5.74) is 2.04. The third kappa shape index (κ3) is 3.12. The van der Waals surface area contributed by atoms with Gasteiger partial charge in [0.2, 0.25) is 5.88 Å². The highest BCUT2D eigenvalue weighted by atomic mass is 32.2. The molecule has 6 heteroatoms. The number of thiocarbonyl (C=S) groups is 1. The Morgan fingerprint density at radius 3 is 2.79 bits per heavy atom. The molecule has 0 radical (unpaired) electrons. The molecule has 0 aromatic heterocycles. The van der Waals surface area contributed by atoms with Gasteiger partial charge in [0.05, 0.1) is 10.6 Å². The standard InChI is InChI=1S/C18H18N2O2S2/c1-4-20-13-7-5-6-8-14(13)22-16(20)10-9-12(2)11-15-17(21)19(3)18(23)24-15/h5-11H,4H2,1-3H3/b12-9+,15-11+,16-10-. The van der Waals surface area contributed by atoms with Gasteiger partial charge in [0.15, 0.2) is 5.75 Å². The number of amides is 1. The summed E-state index contributed by atoms with van der Waals surface area (Å²) in [6.07, 6.45) is 5.74. The number of allylic oxidation sites excluding steroid dienone is 4. The SMILES string of the molecule is CCN1/C(=C/C=C(C)/C=C2/SC(=S)N(C)C2=O)Oc2ccccc21. The number of carbonyl (C=O) groups excluding carboxylic acids is 1. The largest absolute Gasteiger partial charge is 0.439 e. The van der Waals surface area contributed by atoms with E-state index in [4.69, 9.17) is 17.0 Å². The summed E-state index contributed by atoms with van der Waals surface area (Å²) in [5.74, 6) is 1.60. The van der Waals surface area contributed by atoms with E-state index < -0.39 is 0 Å². The molecule has 1 aromatic rings. The first-order valence-electron chi connectivity index (χ1n) is 7.66. The number of carbonyl (C=O) groups is 1. The van der Waals surface area contributed by atoms with Crippen molar-refractivity contribution in [3.8, 4) is 5.75 Å². The van der Waals surface area contributed by atoms with Crippen molar-refractivity contribution in [1.82, 2.24) is 4.90 Å². The van der Waals surface area contributed by atoms with Gasteiger partial charge in [-0.25, -0.2) is 0 Å². The van der Waals surface area contributed by atoms with Gasteiger partial charge in [-0.15, -0.1) is 0 Å². The van der Waals surface area contributed by atoms with Crippen molar-refractivity contribution in [3.05, 3.63) is 58.9 Å². The molecule has 1 aromatic carbocycles. The zero-order valence-electron chi connectivity index (χ0n) is 13.8. The summed E-state index contributed by atoms with van der Waals surface area (Å²) < 4.78 is 6.49. The Hall–Kier alpha value is -2.05. The summed E-state index contributed by atoms with van der Waals surface area (Å²) in [6, 6.07) is 7.97. The van der Waals surface area contributed by atoms with Crippen molar-refractivity contribution < 1.29 is 9.53 Å². The molecule has 0 aliphatic carbocycles. The van der Waals surface area contributed by atoms with Gasteiger partial charge in [0.1, 0.15) is 4.32 Å². The van der Waals surface area contributed by atoms with Crippen molar-refractivity contribution >= 4 is 39.9 Å². The number of rotatable bonds is 3. The fourth-order valence-electron chi connectivity index (χ4n) is 2.51. The Morgan fingerprint density at radius 1 is 1.38 bits per heavy atom. The molecule has 24 heavy (non-hydrogen) atoms. The molecule has 1 amide bonds. The average molecular weight is 358 g/mol.